The van der Waals surface area contributed by atoms with Crippen molar-refractivity contribution in [2.45, 2.75) is 116 Å². The van der Waals surface area contributed by atoms with Crippen LogP contribution in [0.2, 0.25) is 0 Å². The van der Waals surface area contributed by atoms with Crippen LogP contribution in [0, 0.1) is 0 Å². The van der Waals surface area contributed by atoms with Crippen LogP contribution in [0.25, 0.3) is 0 Å². The first kappa shape index (κ1) is 27.9. The highest BCUT2D eigenvalue weighted by Crippen LogP contribution is 2.25. The monoisotopic (exact) mass is 456 g/mol. The molecular weight excluding hydrogens is 416 g/mol. The summed E-state index contributed by atoms with van der Waals surface area (Å²) in [4.78, 5) is 34.4. The van der Waals surface area contributed by atoms with Gasteiger partial charge in [-0.2, -0.15) is 0 Å². The summed E-state index contributed by atoms with van der Waals surface area (Å²) < 4.78 is 14.5. The van der Waals surface area contributed by atoms with Crippen molar-refractivity contribution in [2.75, 3.05) is 6.61 Å². The zero-order valence-electron chi connectivity index (χ0n) is 19.6. The van der Waals surface area contributed by atoms with E-state index in [4.69, 9.17) is 14.2 Å². The van der Waals surface area contributed by atoms with Crippen LogP contribution in [0.15, 0.2) is 11.5 Å². The summed E-state index contributed by atoms with van der Waals surface area (Å²) in [7, 11) is 0. The molecule has 0 saturated carbocycles. The summed E-state index contributed by atoms with van der Waals surface area (Å²) in [5.41, 5.74) is 0. The standard InChI is InChI=1S/C24H40O8/c1-3-4-5-6-7-8-9-10-11-12-13-14-15-16-20(27)30-17-19(26)22-23(31-18(2)25)21(28)24(29)32-22/h19,22,26,28H,3-17H2,1-2H3/t19-,22+/m0/s1. The molecule has 0 unspecified atom stereocenters. The van der Waals surface area contributed by atoms with Crippen molar-refractivity contribution in [1.29, 1.82) is 0 Å². The van der Waals surface area contributed by atoms with Crippen LogP contribution in [0.1, 0.15) is 104 Å². The first-order valence-corrected chi connectivity index (χ1v) is 12.0. The molecule has 0 fully saturated rings. The maximum absolute atomic E-state index is 11.9. The Kier molecular flexibility index (Phi) is 14.4. The Hall–Kier alpha value is -2.09. The molecule has 0 aliphatic carbocycles. The lowest BCUT2D eigenvalue weighted by Crippen LogP contribution is -2.34. The number of cyclic esters (lactones) is 1. The van der Waals surface area contributed by atoms with E-state index in [1.54, 1.807) is 0 Å². The molecule has 2 N–H and O–H groups in total. The molecule has 1 aliphatic heterocycles. The molecule has 0 radical (unpaired) electrons. The first-order chi connectivity index (χ1) is 15.4. The average molecular weight is 457 g/mol. The summed E-state index contributed by atoms with van der Waals surface area (Å²) in [6, 6.07) is 0. The normalized spacial score (nSPS) is 16.7. The maximum atomic E-state index is 11.9. The zero-order valence-corrected chi connectivity index (χ0v) is 19.6. The third-order valence-corrected chi connectivity index (χ3v) is 5.42. The van der Waals surface area contributed by atoms with Gasteiger partial charge >= 0.3 is 17.9 Å². The number of unbranched alkanes of at least 4 members (excludes halogenated alkanes) is 12. The minimum atomic E-state index is -1.45. The molecule has 8 heteroatoms. The maximum Gasteiger partial charge on any atom is 0.378 e. The number of aliphatic hydroxyl groups excluding tert-OH is 2. The van der Waals surface area contributed by atoms with E-state index in [-0.39, 0.29) is 6.42 Å². The second kappa shape index (κ2) is 16.5. The fraction of sp³-hybridized carbons (Fsp3) is 0.792. The van der Waals surface area contributed by atoms with Gasteiger partial charge in [0.15, 0.2) is 6.10 Å². The van der Waals surface area contributed by atoms with Crippen molar-refractivity contribution in [3.8, 4) is 0 Å². The predicted molar refractivity (Wildman–Crippen MR) is 119 cm³/mol. The molecule has 1 aliphatic rings. The first-order valence-electron chi connectivity index (χ1n) is 12.0. The quantitative estimate of drug-likeness (QED) is 0.174. The number of ether oxygens (including phenoxy) is 3. The van der Waals surface area contributed by atoms with Gasteiger partial charge in [0, 0.05) is 13.3 Å². The third kappa shape index (κ3) is 11.5. The third-order valence-electron chi connectivity index (χ3n) is 5.42. The van der Waals surface area contributed by atoms with Crippen molar-refractivity contribution in [3.05, 3.63) is 11.5 Å². The minimum absolute atomic E-state index is 0.243. The molecule has 0 bridgehead atoms. The topological polar surface area (TPSA) is 119 Å². The molecule has 2 atom stereocenters. The number of carbonyl (C=O) groups excluding carboxylic acids is 3. The van der Waals surface area contributed by atoms with E-state index >= 15 is 0 Å². The van der Waals surface area contributed by atoms with Gasteiger partial charge in [0.25, 0.3) is 0 Å². The van der Waals surface area contributed by atoms with Crippen molar-refractivity contribution >= 4 is 17.9 Å². The summed E-state index contributed by atoms with van der Waals surface area (Å²) >= 11 is 0. The van der Waals surface area contributed by atoms with Gasteiger partial charge in [0.2, 0.25) is 11.5 Å². The van der Waals surface area contributed by atoms with Crippen LogP contribution < -0.4 is 0 Å². The molecule has 1 heterocycles. The Morgan fingerprint density at radius 3 is 1.94 bits per heavy atom. The molecule has 32 heavy (non-hydrogen) atoms. The SMILES string of the molecule is CCCCCCCCCCCCCCCC(=O)OC[C@H](O)[C@H]1OC(=O)C(O)=C1OC(C)=O. The van der Waals surface area contributed by atoms with E-state index in [0.717, 1.165) is 19.8 Å². The number of rotatable bonds is 18. The lowest BCUT2D eigenvalue weighted by atomic mass is 10.0. The van der Waals surface area contributed by atoms with Crippen molar-refractivity contribution in [1.82, 2.24) is 0 Å². The summed E-state index contributed by atoms with van der Waals surface area (Å²) in [5.74, 6) is -3.69. The van der Waals surface area contributed by atoms with Crippen LogP contribution >= 0.6 is 0 Å². The van der Waals surface area contributed by atoms with Gasteiger partial charge in [-0.1, -0.05) is 84.0 Å². The Bertz CT molecular complexity index is 613. The second-order valence-corrected chi connectivity index (χ2v) is 8.38. The van der Waals surface area contributed by atoms with Crippen LogP contribution in [-0.4, -0.2) is 46.9 Å². The lowest BCUT2D eigenvalue weighted by molar-refractivity contribution is -0.156. The number of hydrogen-bond donors (Lipinski definition) is 2. The largest absolute Gasteiger partial charge is 0.499 e. The number of hydrogen-bond acceptors (Lipinski definition) is 8. The fourth-order valence-electron chi connectivity index (χ4n) is 3.60. The molecule has 184 valence electrons. The smallest absolute Gasteiger partial charge is 0.378 e. The number of aliphatic hydroxyl groups is 2. The lowest BCUT2D eigenvalue weighted by Gasteiger charge is -2.19. The highest BCUT2D eigenvalue weighted by atomic mass is 16.6. The Labute approximate surface area is 191 Å². The zero-order chi connectivity index (χ0) is 23.8. The molecular formula is C24H40O8. The summed E-state index contributed by atoms with van der Waals surface area (Å²) in [6.07, 6.45) is 13.2. The van der Waals surface area contributed by atoms with Gasteiger partial charge in [0.05, 0.1) is 0 Å². The van der Waals surface area contributed by atoms with E-state index in [2.05, 4.69) is 6.92 Å². The van der Waals surface area contributed by atoms with E-state index in [0.29, 0.717) is 6.42 Å². The minimum Gasteiger partial charge on any atom is -0.499 e. The highest BCUT2D eigenvalue weighted by Gasteiger charge is 2.42. The van der Waals surface area contributed by atoms with Crippen LogP contribution in [-0.2, 0) is 28.6 Å². The van der Waals surface area contributed by atoms with E-state index in [1.165, 1.54) is 64.2 Å². The molecule has 1 rings (SSSR count). The van der Waals surface area contributed by atoms with Crippen LogP contribution in [0.5, 0.6) is 0 Å². The van der Waals surface area contributed by atoms with Gasteiger partial charge in [-0.25, -0.2) is 4.79 Å². The van der Waals surface area contributed by atoms with Gasteiger partial charge < -0.3 is 24.4 Å². The van der Waals surface area contributed by atoms with Gasteiger partial charge in [-0.15, -0.1) is 0 Å². The molecule has 0 spiro atoms. The molecule has 0 amide bonds. The van der Waals surface area contributed by atoms with Crippen molar-refractivity contribution in [3.63, 3.8) is 0 Å². The number of carbonyl (C=O) groups is 3. The van der Waals surface area contributed by atoms with Crippen molar-refractivity contribution in [2.24, 2.45) is 0 Å². The van der Waals surface area contributed by atoms with Gasteiger partial charge in [-0.3, -0.25) is 9.59 Å². The Balaban J connectivity index is 2.06. The summed E-state index contributed by atoms with van der Waals surface area (Å²) in [6.45, 7) is 2.88. The van der Waals surface area contributed by atoms with E-state index in [9.17, 15) is 24.6 Å². The summed E-state index contributed by atoms with van der Waals surface area (Å²) in [5, 5.41) is 19.7. The van der Waals surface area contributed by atoms with Crippen molar-refractivity contribution < 1.29 is 38.8 Å². The molecule has 0 aromatic heterocycles. The highest BCUT2D eigenvalue weighted by molar-refractivity contribution is 5.90. The Morgan fingerprint density at radius 1 is 0.938 bits per heavy atom. The average Bonchev–Trinajstić information content (AvgIpc) is 3.03. The molecule has 0 saturated heterocycles. The van der Waals surface area contributed by atoms with E-state index in [1.807, 2.05) is 0 Å². The van der Waals surface area contributed by atoms with Crippen LogP contribution in [0.3, 0.4) is 0 Å². The van der Waals surface area contributed by atoms with Gasteiger partial charge in [-0.05, 0) is 6.42 Å². The predicted octanol–water partition coefficient (Wildman–Crippen LogP) is 4.63. The van der Waals surface area contributed by atoms with E-state index < -0.39 is 48.2 Å². The fourth-order valence-corrected chi connectivity index (χ4v) is 3.60. The Morgan fingerprint density at radius 2 is 1.44 bits per heavy atom. The van der Waals surface area contributed by atoms with Gasteiger partial charge in [0.1, 0.15) is 12.7 Å². The second-order valence-electron chi connectivity index (χ2n) is 8.38. The molecule has 0 aromatic rings. The molecule has 0 aromatic carbocycles. The molecule has 8 nitrogen and oxygen atoms in total. The van der Waals surface area contributed by atoms with Crippen LogP contribution in [0.4, 0.5) is 0 Å². The number of esters is 3.